The van der Waals surface area contributed by atoms with Gasteiger partial charge in [-0.15, -0.1) is 10.2 Å². The van der Waals surface area contributed by atoms with Crippen LogP contribution in [0, 0.1) is 17.0 Å². The Morgan fingerprint density at radius 2 is 2.10 bits per heavy atom. The number of anilines is 1. The van der Waals surface area contributed by atoms with Gasteiger partial charge in [0, 0.05) is 25.2 Å². The largest absolute Gasteiger partial charge is 0.325 e. The summed E-state index contributed by atoms with van der Waals surface area (Å²) in [7, 11) is 0. The zero-order valence-corrected chi connectivity index (χ0v) is 16.9. The van der Waals surface area contributed by atoms with Gasteiger partial charge in [-0.1, -0.05) is 30.0 Å². The third kappa shape index (κ3) is 5.19. The number of thioether (sulfide) groups is 1. The second-order valence-electron chi connectivity index (χ2n) is 6.26. The van der Waals surface area contributed by atoms with E-state index in [0.717, 1.165) is 17.1 Å². The van der Waals surface area contributed by atoms with Crippen molar-refractivity contribution in [3.63, 3.8) is 0 Å². The summed E-state index contributed by atoms with van der Waals surface area (Å²) in [5, 5.41) is 26.7. The van der Waals surface area contributed by atoms with Crippen LogP contribution in [0.1, 0.15) is 18.3 Å². The molecule has 1 aromatic carbocycles. The number of benzene rings is 1. The Morgan fingerprint density at radius 3 is 2.79 bits per heavy atom. The third-order valence-corrected chi connectivity index (χ3v) is 5.22. The smallest absolute Gasteiger partial charge is 0.306 e. The molecule has 0 unspecified atom stereocenters. The molecule has 0 fully saturated rings. The third-order valence-electron chi connectivity index (χ3n) is 4.26. The van der Waals surface area contributed by atoms with Crippen molar-refractivity contribution in [2.45, 2.75) is 38.5 Å². The number of carbonyl (C=O) groups is 1. The number of amides is 1. The fourth-order valence-electron chi connectivity index (χ4n) is 2.74. The summed E-state index contributed by atoms with van der Waals surface area (Å²) in [6, 6.07) is 7.61. The molecular weight excluding hydrogens is 394 g/mol. The van der Waals surface area contributed by atoms with E-state index in [1.807, 2.05) is 42.7 Å². The highest BCUT2D eigenvalue weighted by molar-refractivity contribution is 7.99. The van der Waals surface area contributed by atoms with Gasteiger partial charge < -0.3 is 9.88 Å². The van der Waals surface area contributed by atoms with Gasteiger partial charge in [0.1, 0.15) is 18.2 Å². The van der Waals surface area contributed by atoms with Crippen molar-refractivity contribution in [3.8, 4) is 0 Å². The lowest BCUT2D eigenvalue weighted by molar-refractivity contribution is -0.385. The standard InChI is InChI=1S/C18H21N7O3S/c1-3-24-16(8-9-23-11-14(10-19-23)25(27)28)21-22-18(24)29-12-17(26)20-15-7-5-4-6-13(15)2/h4-7,10-11H,3,8-9,12H2,1-2H3,(H,20,26). The van der Waals surface area contributed by atoms with Crippen molar-refractivity contribution in [2.24, 2.45) is 0 Å². The van der Waals surface area contributed by atoms with Crippen LogP contribution in [0.5, 0.6) is 0 Å². The first-order valence-electron chi connectivity index (χ1n) is 9.05. The average Bonchev–Trinajstić information content (AvgIpc) is 3.33. The van der Waals surface area contributed by atoms with Crippen LogP contribution in [0.15, 0.2) is 41.8 Å². The van der Waals surface area contributed by atoms with Gasteiger partial charge in [-0.2, -0.15) is 5.10 Å². The lowest BCUT2D eigenvalue weighted by Gasteiger charge is -2.09. The number of aryl methyl sites for hydroxylation is 3. The minimum absolute atomic E-state index is 0.0436. The van der Waals surface area contributed by atoms with Crippen LogP contribution >= 0.6 is 11.8 Å². The lowest BCUT2D eigenvalue weighted by Crippen LogP contribution is -2.15. The number of nitrogens with one attached hydrogen (secondary N) is 1. The van der Waals surface area contributed by atoms with Crippen molar-refractivity contribution in [2.75, 3.05) is 11.1 Å². The van der Waals surface area contributed by atoms with Crippen molar-refractivity contribution in [3.05, 3.63) is 58.2 Å². The number of hydrogen-bond acceptors (Lipinski definition) is 7. The normalized spacial score (nSPS) is 10.8. The summed E-state index contributed by atoms with van der Waals surface area (Å²) in [4.78, 5) is 22.5. The molecule has 152 valence electrons. The molecule has 3 rings (SSSR count). The molecule has 2 heterocycles. The van der Waals surface area contributed by atoms with E-state index in [9.17, 15) is 14.9 Å². The Kier molecular flexibility index (Phi) is 6.60. The van der Waals surface area contributed by atoms with Crippen molar-refractivity contribution < 1.29 is 9.72 Å². The number of aromatic nitrogens is 5. The summed E-state index contributed by atoms with van der Waals surface area (Å²) in [6.07, 6.45) is 3.13. The molecule has 10 nitrogen and oxygen atoms in total. The average molecular weight is 415 g/mol. The van der Waals surface area contributed by atoms with Crippen molar-refractivity contribution in [1.82, 2.24) is 24.5 Å². The van der Waals surface area contributed by atoms with E-state index in [2.05, 4.69) is 20.6 Å². The van der Waals surface area contributed by atoms with Crippen LogP contribution in [-0.4, -0.2) is 41.1 Å². The fraction of sp³-hybridized carbons (Fsp3) is 0.333. The molecule has 29 heavy (non-hydrogen) atoms. The van der Waals surface area contributed by atoms with Crippen LogP contribution < -0.4 is 5.32 Å². The SMILES string of the molecule is CCn1c(CCn2cc([N+](=O)[O-])cn2)nnc1SCC(=O)Nc1ccccc1C. The molecule has 0 aliphatic heterocycles. The summed E-state index contributed by atoms with van der Waals surface area (Å²) in [5.74, 6) is 0.852. The zero-order valence-electron chi connectivity index (χ0n) is 16.1. The summed E-state index contributed by atoms with van der Waals surface area (Å²) >= 11 is 1.32. The van der Waals surface area contributed by atoms with Gasteiger partial charge in [0.25, 0.3) is 0 Å². The maximum absolute atomic E-state index is 12.3. The highest BCUT2D eigenvalue weighted by Gasteiger charge is 2.15. The Hall–Kier alpha value is -3.21. The van der Waals surface area contributed by atoms with Gasteiger partial charge in [-0.05, 0) is 25.5 Å². The zero-order chi connectivity index (χ0) is 20.8. The van der Waals surface area contributed by atoms with Crippen LogP contribution in [0.3, 0.4) is 0 Å². The van der Waals surface area contributed by atoms with Gasteiger partial charge >= 0.3 is 5.69 Å². The number of carbonyl (C=O) groups excluding carboxylic acids is 1. The second-order valence-corrected chi connectivity index (χ2v) is 7.21. The number of hydrogen-bond donors (Lipinski definition) is 1. The molecular formula is C18H21N7O3S. The van der Waals surface area contributed by atoms with Gasteiger partial charge in [0.15, 0.2) is 5.16 Å². The van der Waals surface area contributed by atoms with Gasteiger partial charge in [0.05, 0.1) is 10.7 Å². The Balaban J connectivity index is 1.58. The summed E-state index contributed by atoms with van der Waals surface area (Å²) in [5.41, 5.74) is 1.76. The van der Waals surface area contributed by atoms with Crippen LogP contribution in [0.4, 0.5) is 11.4 Å². The monoisotopic (exact) mass is 415 g/mol. The van der Waals surface area contributed by atoms with E-state index in [1.54, 1.807) is 0 Å². The maximum Gasteiger partial charge on any atom is 0.306 e. The molecule has 0 aliphatic rings. The van der Waals surface area contributed by atoms with Crippen LogP contribution in [0.25, 0.3) is 0 Å². The molecule has 0 atom stereocenters. The van der Waals surface area contributed by atoms with Gasteiger partial charge in [-0.3, -0.25) is 19.6 Å². The first-order chi connectivity index (χ1) is 14.0. The van der Waals surface area contributed by atoms with E-state index in [0.29, 0.717) is 24.7 Å². The van der Waals surface area contributed by atoms with Crippen molar-refractivity contribution in [1.29, 1.82) is 0 Å². The quantitative estimate of drug-likeness (QED) is 0.324. The van der Waals surface area contributed by atoms with E-state index in [4.69, 9.17) is 0 Å². The predicted octanol–water partition coefficient (Wildman–Crippen LogP) is 2.68. The Bertz CT molecular complexity index is 1010. The molecule has 0 saturated heterocycles. The molecule has 0 spiro atoms. The number of rotatable bonds is 9. The van der Waals surface area contributed by atoms with E-state index < -0.39 is 4.92 Å². The second kappa shape index (κ2) is 9.32. The van der Waals surface area contributed by atoms with E-state index >= 15 is 0 Å². The fourth-order valence-corrected chi connectivity index (χ4v) is 3.56. The number of para-hydroxylation sites is 1. The topological polar surface area (TPSA) is 121 Å². The number of nitrogens with zero attached hydrogens (tertiary/aromatic N) is 6. The molecule has 1 amide bonds. The Morgan fingerprint density at radius 1 is 1.31 bits per heavy atom. The van der Waals surface area contributed by atoms with Crippen LogP contribution in [0.2, 0.25) is 0 Å². The molecule has 1 N–H and O–H groups in total. The molecule has 0 saturated carbocycles. The Labute approximate surface area is 171 Å². The van der Waals surface area contributed by atoms with Gasteiger partial charge in [0.2, 0.25) is 5.91 Å². The summed E-state index contributed by atoms with van der Waals surface area (Å²) < 4.78 is 3.44. The maximum atomic E-state index is 12.3. The van der Waals surface area contributed by atoms with E-state index in [-0.39, 0.29) is 17.3 Å². The molecule has 0 radical (unpaired) electrons. The highest BCUT2D eigenvalue weighted by Crippen LogP contribution is 2.19. The minimum atomic E-state index is -0.477. The predicted molar refractivity (Wildman–Crippen MR) is 109 cm³/mol. The first-order valence-corrected chi connectivity index (χ1v) is 10.0. The molecule has 0 aliphatic carbocycles. The first kappa shape index (κ1) is 20.5. The molecule has 11 heteroatoms. The highest BCUT2D eigenvalue weighted by atomic mass is 32.2. The van der Waals surface area contributed by atoms with E-state index in [1.165, 1.54) is 28.8 Å². The van der Waals surface area contributed by atoms with Crippen LogP contribution in [-0.2, 0) is 24.3 Å². The number of nitro groups is 1. The molecule has 3 aromatic rings. The summed E-state index contributed by atoms with van der Waals surface area (Å²) in [6.45, 7) is 5.02. The molecule has 0 bridgehead atoms. The molecule has 2 aromatic heterocycles. The minimum Gasteiger partial charge on any atom is -0.325 e. The lowest BCUT2D eigenvalue weighted by atomic mass is 10.2. The van der Waals surface area contributed by atoms with Gasteiger partial charge in [-0.25, -0.2) is 0 Å². The van der Waals surface area contributed by atoms with Crippen molar-refractivity contribution >= 4 is 29.0 Å².